The first-order valence-corrected chi connectivity index (χ1v) is 12.5. The first-order valence-electron chi connectivity index (χ1n) is 12.5. The van der Waals surface area contributed by atoms with Crippen LogP contribution in [0.1, 0.15) is 110 Å². The summed E-state index contributed by atoms with van der Waals surface area (Å²) >= 11 is 0. The largest absolute Gasteiger partial charge is 0.481 e. The summed E-state index contributed by atoms with van der Waals surface area (Å²) in [5.74, 6) is -0.362. The molecule has 1 fully saturated rings. The lowest BCUT2D eigenvalue weighted by Crippen LogP contribution is -2.29. The number of carboxylic acid groups (broad SMARTS) is 1. The molecule has 31 heavy (non-hydrogen) atoms. The number of hydrogen-bond donors (Lipinski definition) is 3. The summed E-state index contributed by atoms with van der Waals surface area (Å²) in [5, 5.41) is 28.5. The highest BCUT2D eigenvalue weighted by atomic mass is 16.5. The standard InChI is InChI=1S/C25H46O6/c1-3-4-9-15-25(2,30)16-14-21-20(12-7-5-6-8-13-24(28)29)22(27)19-23(21)31-18-11-10-17-26/h20-21,23,26,30H,3-19H2,1-2H3,(H,28,29)/t20-,21-,23-,25?/m1/s1. The third-order valence-corrected chi connectivity index (χ3v) is 6.69. The van der Waals surface area contributed by atoms with Gasteiger partial charge in [0.1, 0.15) is 5.78 Å². The molecule has 0 aliphatic heterocycles. The smallest absolute Gasteiger partial charge is 0.303 e. The quantitative estimate of drug-likeness (QED) is 0.246. The summed E-state index contributed by atoms with van der Waals surface area (Å²) in [7, 11) is 0. The van der Waals surface area contributed by atoms with E-state index in [1.807, 2.05) is 6.92 Å². The number of rotatable bonds is 19. The van der Waals surface area contributed by atoms with Gasteiger partial charge in [-0.3, -0.25) is 9.59 Å². The number of carbonyl (C=O) groups excluding carboxylic acids is 1. The van der Waals surface area contributed by atoms with Crippen LogP contribution in [-0.4, -0.2) is 52.0 Å². The van der Waals surface area contributed by atoms with E-state index >= 15 is 0 Å². The number of aliphatic hydroxyl groups excluding tert-OH is 1. The van der Waals surface area contributed by atoms with Crippen molar-refractivity contribution in [1.82, 2.24) is 0 Å². The number of ether oxygens (including phenoxy) is 1. The molecule has 4 atom stereocenters. The Balaban J connectivity index is 2.60. The number of hydrogen-bond acceptors (Lipinski definition) is 5. The second-order valence-corrected chi connectivity index (χ2v) is 9.62. The fraction of sp³-hybridized carbons (Fsp3) is 0.920. The number of Topliss-reactive ketones (excluding diaryl/α,β-unsaturated/α-hetero) is 1. The molecule has 1 aliphatic carbocycles. The average Bonchev–Trinajstić information content (AvgIpc) is 3.01. The molecule has 182 valence electrons. The van der Waals surface area contributed by atoms with Gasteiger partial charge in [-0.05, 0) is 57.8 Å². The minimum atomic E-state index is -0.752. The summed E-state index contributed by atoms with van der Waals surface area (Å²) in [5.41, 5.74) is -0.705. The molecule has 1 aliphatic rings. The molecule has 0 aromatic heterocycles. The topological polar surface area (TPSA) is 104 Å². The number of unbranched alkanes of at least 4 members (excludes halogenated alkanes) is 6. The molecule has 0 radical (unpaired) electrons. The van der Waals surface area contributed by atoms with E-state index in [0.717, 1.165) is 64.2 Å². The lowest BCUT2D eigenvalue weighted by atomic mass is 9.82. The predicted octanol–water partition coefficient (Wildman–Crippen LogP) is 4.89. The van der Waals surface area contributed by atoms with Crippen LogP contribution in [0.15, 0.2) is 0 Å². The molecule has 6 nitrogen and oxygen atoms in total. The molecule has 0 heterocycles. The minimum Gasteiger partial charge on any atom is -0.481 e. The van der Waals surface area contributed by atoms with E-state index in [4.69, 9.17) is 14.9 Å². The predicted molar refractivity (Wildman–Crippen MR) is 122 cm³/mol. The van der Waals surface area contributed by atoms with Crippen molar-refractivity contribution >= 4 is 11.8 Å². The number of ketones is 1. The maximum Gasteiger partial charge on any atom is 0.303 e. The SMILES string of the molecule is CCCCCC(C)(O)CC[C@H]1[C@H](OCCCCO)CC(=O)[C@@H]1CCCCCCC(=O)O. The summed E-state index contributed by atoms with van der Waals surface area (Å²) in [4.78, 5) is 23.4. The van der Waals surface area contributed by atoms with Gasteiger partial charge in [-0.2, -0.15) is 0 Å². The van der Waals surface area contributed by atoms with Crippen molar-refractivity contribution in [3.8, 4) is 0 Å². The van der Waals surface area contributed by atoms with Crippen molar-refractivity contribution in [1.29, 1.82) is 0 Å². The van der Waals surface area contributed by atoms with Crippen molar-refractivity contribution in [3.63, 3.8) is 0 Å². The Morgan fingerprint density at radius 3 is 2.45 bits per heavy atom. The maximum atomic E-state index is 12.8. The molecule has 1 unspecified atom stereocenters. The summed E-state index contributed by atoms with van der Waals surface area (Å²) in [6.07, 6.45) is 11.9. The van der Waals surface area contributed by atoms with E-state index in [1.165, 1.54) is 0 Å². The Kier molecular flexibility index (Phi) is 14.3. The molecule has 0 aromatic rings. The second-order valence-electron chi connectivity index (χ2n) is 9.62. The average molecular weight is 443 g/mol. The van der Waals surface area contributed by atoms with Crippen LogP contribution in [0.25, 0.3) is 0 Å². The van der Waals surface area contributed by atoms with Crippen LogP contribution in [0.5, 0.6) is 0 Å². The summed E-state index contributed by atoms with van der Waals surface area (Å²) in [6.45, 7) is 4.78. The molecule has 6 heteroatoms. The van der Waals surface area contributed by atoms with Crippen molar-refractivity contribution in [3.05, 3.63) is 0 Å². The Labute approximate surface area is 188 Å². The van der Waals surface area contributed by atoms with Gasteiger partial charge < -0.3 is 20.1 Å². The van der Waals surface area contributed by atoms with Crippen molar-refractivity contribution in [2.75, 3.05) is 13.2 Å². The van der Waals surface area contributed by atoms with E-state index in [1.54, 1.807) is 0 Å². The molecule has 3 N–H and O–H groups in total. The first-order chi connectivity index (χ1) is 14.8. The Morgan fingerprint density at radius 2 is 1.77 bits per heavy atom. The molecular weight excluding hydrogens is 396 g/mol. The van der Waals surface area contributed by atoms with Gasteiger partial charge >= 0.3 is 5.97 Å². The van der Waals surface area contributed by atoms with Crippen molar-refractivity contribution in [2.24, 2.45) is 11.8 Å². The van der Waals surface area contributed by atoms with E-state index in [-0.39, 0.29) is 36.8 Å². The molecule has 0 spiro atoms. The molecule has 1 saturated carbocycles. The fourth-order valence-corrected chi connectivity index (χ4v) is 4.74. The fourth-order valence-electron chi connectivity index (χ4n) is 4.74. The molecule has 0 aromatic carbocycles. The third kappa shape index (κ3) is 12.0. The van der Waals surface area contributed by atoms with Crippen LogP contribution in [0, 0.1) is 11.8 Å². The van der Waals surface area contributed by atoms with Gasteiger partial charge in [0.25, 0.3) is 0 Å². The van der Waals surface area contributed by atoms with Crippen LogP contribution < -0.4 is 0 Å². The van der Waals surface area contributed by atoms with E-state index < -0.39 is 11.6 Å². The normalized spacial score (nSPS) is 23.2. The van der Waals surface area contributed by atoms with Crippen LogP contribution in [0.4, 0.5) is 0 Å². The van der Waals surface area contributed by atoms with E-state index in [0.29, 0.717) is 32.3 Å². The zero-order valence-corrected chi connectivity index (χ0v) is 19.8. The van der Waals surface area contributed by atoms with Gasteiger partial charge in [-0.25, -0.2) is 0 Å². The van der Waals surface area contributed by atoms with E-state index in [2.05, 4.69) is 6.92 Å². The zero-order valence-electron chi connectivity index (χ0n) is 19.8. The van der Waals surface area contributed by atoms with Gasteiger partial charge in [-0.15, -0.1) is 0 Å². The maximum absolute atomic E-state index is 12.8. The molecule has 0 bridgehead atoms. The van der Waals surface area contributed by atoms with Crippen LogP contribution in [-0.2, 0) is 14.3 Å². The third-order valence-electron chi connectivity index (χ3n) is 6.69. The number of aliphatic carboxylic acids is 1. The van der Waals surface area contributed by atoms with Gasteiger partial charge in [-0.1, -0.05) is 45.4 Å². The number of carbonyl (C=O) groups is 2. The number of aliphatic hydroxyl groups is 2. The highest BCUT2D eigenvalue weighted by Gasteiger charge is 2.42. The molecule has 0 saturated heterocycles. The van der Waals surface area contributed by atoms with Gasteiger partial charge in [0, 0.05) is 32.0 Å². The highest BCUT2D eigenvalue weighted by molar-refractivity contribution is 5.84. The summed E-state index contributed by atoms with van der Waals surface area (Å²) in [6, 6.07) is 0. The second kappa shape index (κ2) is 15.8. The lowest BCUT2D eigenvalue weighted by Gasteiger charge is -2.29. The van der Waals surface area contributed by atoms with Crippen LogP contribution >= 0.6 is 0 Å². The molecule has 0 amide bonds. The Morgan fingerprint density at radius 1 is 1.03 bits per heavy atom. The lowest BCUT2D eigenvalue weighted by molar-refractivity contribution is -0.137. The first kappa shape index (κ1) is 28.1. The van der Waals surface area contributed by atoms with Crippen LogP contribution in [0.2, 0.25) is 0 Å². The van der Waals surface area contributed by atoms with Gasteiger partial charge in [0.15, 0.2) is 0 Å². The van der Waals surface area contributed by atoms with E-state index in [9.17, 15) is 14.7 Å². The van der Waals surface area contributed by atoms with Crippen LogP contribution in [0.3, 0.4) is 0 Å². The van der Waals surface area contributed by atoms with Gasteiger partial charge in [0.2, 0.25) is 0 Å². The monoisotopic (exact) mass is 442 g/mol. The van der Waals surface area contributed by atoms with Gasteiger partial charge in [0.05, 0.1) is 11.7 Å². The molecule has 1 rings (SSSR count). The Hall–Kier alpha value is -0.980. The highest BCUT2D eigenvalue weighted by Crippen LogP contribution is 2.39. The Bertz CT molecular complexity index is 504. The minimum absolute atomic E-state index is 0.0197. The van der Waals surface area contributed by atoms with Crippen molar-refractivity contribution < 1.29 is 29.6 Å². The zero-order chi connectivity index (χ0) is 23.1. The number of carboxylic acids is 1. The summed E-state index contributed by atoms with van der Waals surface area (Å²) < 4.78 is 6.07. The van der Waals surface area contributed by atoms with Crippen molar-refractivity contribution in [2.45, 2.75) is 122 Å². The molecular formula is C25H46O6.